The van der Waals surface area contributed by atoms with Crippen molar-refractivity contribution in [1.29, 1.82) is 0 Å². The molecular weight excluding hydrogens is 238 g/mol. The van der Waals surface area contributed by atoms with Crippen LogP contribution in [0.15, 0.2) is 22.7 Å². The third kappa shape index (κ3) is 1.74. The van der Waals surface area contributed by atoms with E-state index in [1.807, 2.05) is 0 Å². The second-order valence-corrected chi connectivity index (χ2v) is 6.25. The Kier molecular flexibility index (Phi) is 2.08. The molecular formula is C15H17N3O. The van der Waals surface area contributed by atoms with Crippen LogP contribution in [-0.4, -0.2) is 16.7 Å². The van der Waals surface area contributed by atoms with E-state index in [1.165, 1.54) is 11.3 Å². The minimum atomic E-state index is 0.334. The van der Waals surface area contributed by atoms with Crippen molar-refractivity contribution in [3.8, 4) is 11.5 Å². The lowest BCUT2D eigenvalue weighted by Gasteiger charge is -2.00. The fourth-order valence-corrected chi connectivity index (χ4v) is 2.83. The first kappa shape index (κ1) is 11.0. The predicted octanol–water partition coefficient (Wildman–Crippen LogP) is 3.22. The molecule has 1 aliphatic heterocycles. The van der Waals surface area contributed by atoms with Crippen LogP contribution < -0.4 is 5.32 Å². The van der Waals surface area contributed by atoms with Gasteiger partial charge < -0.3 is 9.84 Å². The van der Waals surface area contributed by atoms with Gasteiger partial charge in [0.05, 0.1) is 0 Å². The van der Waals surface area contributed by atoms with Crippen molar-refractivity contribution >= 4 is 5.69 Å². The van der Waals surface area contributed by atoms with E-state index in [9.17, 15) is 0 Å². The normalized spacial score (nSPS) is 22.9. The highest BCUT2D eigenvalue weighted by Gasteiger charge is 2.49. The number of nitrogens with one attached hydrogen (secondary N) is 1. The second kappa shape index (κ2) is 3.59. The van der Waals surface area contributed by atoms with Crippen LogP contribution in [0.2, 0.25) is 0 Å². The third-order valence-corrected chi connectivity index (χ3v) is 4.33. The molecule has 4 heteroatoms. The number of hydrogen-bond acceptors (Lipinski definition) is 4. The Labute approximate surface area is 112 Å². The van der Waals surface area contributed by atoms with Gasteiger partial charge in [-0.1, -0.05) is 25.1 Å². The molecule has 1 aromatic heterocycles. The van der Waals surface area contributed by atoms with Gasteiger partial charge in [0.1, 0.15) is 0 Å². The van der Waals surface area contributed by atoms with Crippen LogP contribution in [0, 0.1) is 5.41 Å². The molecule has 98 valence electrons. The zero-order valence-corrected chi connectivity index (χ0v) is 11.2. The topological polar surface area (TPSA) is 51.0 Å². The van der Waals surface area contributed by atoms with Crippen molar-refractivity contribution < 1.29 is 4.52 Å². The molecule has 2 aliphatic rings. The molecule has 0 amide bonds. The van der Waals surface area contributed by atoms with E-state index in [0.717, 1.165) is 30.8 Å². The largest absolute Gasteiger partial charge is 0.384 e. The van der Waals surface area contributed by atoms with E-state index in [0.29, 0.717) is 17.2 Å². The van der Waals surface area contributed by atoms with Crippen molar-refractivity contribution in [2.24, 2.45) is 5.41 Å². The Morgan fingerprint density at radius 3 is 3.00 bits per heavy atom. The fourth-order valence-electron chi connectivity index (χ4n) is 2.83. The maximum Gasteiger partial charge on any atom is 0.258 e. The molecule has 0 saturated heterocycles. The average Bonchev–Trinajstić information content (AvgIpc) is 2.84. The van der Waals surface area contributed by atoms with Crippen LogP contribution in [0.1, 0.15) is 37.6 Å². The summed E-state index contributed by atoms with van der Waals surface area (Å²) in [5.41, 5.74) is 3.90. The molecule has 0 bridgehead atoms. The van der Waals surface area contributed by atoms with Crippen molar-refractivity contribution in [3.05, 3.63) is 29.6 Å². The van der Waals surface area contributed by atoms with Gasteiger partial charge in [0.25, 0.3) is 5.89 Å². The molecule has 4 rings (SSSR count). The fraction of sp³-hybridized carbons (Fsp3) is 0.467. The molecule has 1 N–H and O–H groups in total. The smallest absolute Gasteiger partial charge is 0.258 e. The molecule has 19 heavy (non-hydrogen) atoms. The summed E-state index contributed by atoms with van der Waals surface area (Å²) in [6.45, 7) is 5.50. The Morgan fingerprint density at radius 1 is 1.37 bits per heavy atom. The minimum Gasteiger partial charge on any atom is -0.384 e. The number of anilines is 1. The quantitative estimate of drug-likeness (QED) is 0.895. The summed E-state index contributed by atoms with van der Waals surface area (Å²) in [6.07, 6.45) is 2.25. The molecule has 1 unspecified atom stereocenters. The van der Waals surface area contributed by atoms with Crippen LogP contribution in [-0.2, 0) is 6.42 Å². The van der Waals surface area contributed by atoms with E-state index in [4.69, 9.17) is 4.52 Å². The Morgan fingerprint density at radius 2 is 2.21 bits per heavy atom. The zero-order valence-electron chi connectivity index (χ0n) is 11.2. The van der Waals surface area contributed by atoms with Gasteiger partial charge in [0.2, 0.25) is 0 Å². The molecule has 1 saturated carbocycles. The molecule has 1 aromatic carbocycles. The summed E-state index contributed by atoms with van der Waals surface area (Å²) in [7, 11) is 0. The van der Waals surface area contributed by atoms with E-state index in [1.54, 1.807) is 0 Å². The number of aromatic nitrogens is 2. The first-order valence-corrected chi connectivity index (χ1v) is 6.84. The summed E-state index contributed by atoms with van der Waals surface area (Å²) in [4.78, 5) is 4.56. The van der Waals surface area contributed by atoms with Gasteiger partial charge in [-0.25, -0.2) is 0 Å². The Bertz CT molecular complexity index is 645. The van der Waals surface area contributed by atoms with Crippen molar-refractivity contribution in [2.75, 3.05) is 11.9 Å². The van der Waals surface area contributed by atoms with Gasteiger partial charge in [0, 0.05) is 23.7 Å². The molecule has 2 aromatic rings. The van der Waals surface area contributed by atoms with Crippen LogP contribution in [0.4, 0.5) is 5.69 Å². The monoisotopic (exact) mass is 255 g/mol. The van der Waals surface area contributed by atoms with E-state index in [-0.39, 0.29) is 0 Å². The highest BCUT2D eigenvalue weighted by molar-refractivity contribution is 5.66. The molecule has 4 nitrogen and oxygen atoms in total. The van der Waals surface area contributed by atoms with Gasteiger partial charge in [-0.3, -0.25) is 0 Å². The molecule has 0 radical (unpaired) electrons. The lowest BCUT2D eigenvalue weighted by atomic mass is 10.1. The second-order valence-electron chi connectivity index (χ2n) is 6.25. The number of rotatable bonds is 2. The number of nitrogens with zero attached hydrogens (tertiary/aromatic N) is 2. The van der Waals surface area contributed by atoms with Gasteiger partial charge in [-0.05, 0) is 36.0 Å². The average molecular weight is 255 g/mol. The van der Waals surface area contributed by atoms with Crippen LogP contribution in [0.25, 0.3) is 11.5 Å². The summed E-state index contributed by atoms with van der Waals surface area (Å²) < 4.78 is 5.42. The summed E-state index contributed by atoms with van der Waals surface area (Å²) in [5, 5.41) is 7.51. The van der Waals surface area contributed by atoms with Gasteiger partial charge in [-0.2, -0.15) is 4.98 Å². The van der Waals surface area contributed by atoms with Gasteiger partial charge in [-0.15, -0.1) is 0 Å². The number of fused-ring (bicyclic) bond motifs is 1. The molecule has 1 aliphatic carbocycles. The van der Waals surface area contributed by atoms with Crippen molar-refractivity contribution in [3.63, 3.8) is 0 Å². The Hall–Kier alpha value is -1.84. The maximum atomic E-state index is 5.42. The lowest BCUT2D eigenvalue weighted by Crippen LogP contribution is -1.92. The minimum absolute atomic E-state index is 0.334. The number of benzene rings is 1. The Balaban J connectivity index is 1.66. The third-order valence-electron chi connectivity index (χ3n) is 4.33. The lowest BCUT2D eigenvalue weighted by molar-refractivity contribution is 0.419. The van der Waals surface area contributed by atoms with Crippen molar-refractivity contribution in [2.45, 2.75) is 32.6 Å². The highest BCUT2D eigenvalue weighted by Crippen LogP contribution is 2.57. The first-order valence-electron chi connectivity index (χ1n) is 6.84. The van der Waals surface area contributed by atoms with Crippen LogP contribution in [0.3, 0.4) is 0 Å². The van der Waals surface area contributed by atoms with Crippen LogP contribution >= 0.6 is 0 Å². The van der Waals surface area contributed by atoms with Crippen molar-refractivity contribution in [1.82, 2.24) is 10.1 Å². The molecule has 1 fully saturated rings. The first-order chi connectivity index (χ1) is 9.13. The molecule has 1 atom stereocenters. The van der Waals surface area contributed by atoms with Gasteiger partial charge in [0.15, 0.2) is 5.82 Å². The predicted molar refractivity (Wildman–Crippen MR) is 73.1 cm³/mol. The zero-order chi connectivity index (χ0) is 13.0. The van der Waals surface area contributed by atoms with Crippen LogP contribution in [0.5, 0.6) is 0 Å². The number of hydrogen-bond donors (Lipinski definition) is 1. The summed E-state index contributed by atoms with van der Waals surface area (Å²) in [5.74, 6) is 1.94. The standard InChI is InChI=1S/C15H17N3O/c1-15(2)8-11(15)13-17-14(19-18-13)10-4-3-9-5-6-16-12(9)7-10/h3-4,7,11,16H,5-6,8H2,1-2H3. The van der Waals surface area contributed by atoms with E-state index < -0.39 is 0 Å². The molecule has 2 heterocycles. The maximum absolute atomic E-state index is 5.42. The van der Waals surface area contributed by atoms with E-state index in [2.05, 4.69) is 47.5 Å². The van der Waals surface area contributed by atoms with E-state index >= 15 is 0 Å². The SMILES string of the molecule is CC1(C)CC1c1noc(-c2ccc3c(c2)NCC3)n1. The summed E-state index contributed by atoms with van der Waals surface area (Å²) in [6, 6.07) is 6.33. The molecule has 0 spiro atoms. The highest BCUT2D eigenvalue weighted by atomic mass is 16.5. The summed E-state index contributed by atoms with van der Waals surface area (Å²) >= 11 is 0. The van der Waals surface area contributed by atoms with Gasteiger partial charge >= 0.3 is 0 Å².